The van der Waals surface area contributed by atoms with E-state index in [-0.39, 0.29) is 0 Å². The molecule has 0 aliphatic carbocycles. The van der Waals surface area contributed by atoms with E-state index in [1.54, 1.807) is 11.3 Å². The predicted molar refractivity (Wildman–Crippen MR) is 50.8 cm³/mol. The summed E-state index contributed by atoms with van der Waals surface area (Å²) in [6, 6.07) is 2.53. The summed E-state index contributed by atoms with van der Waals surface area (Å²) in [4.78, 5) is 0. The van der Waals surface area contributed by atoms with E-state index < -0.39 is 0 Å². The van der Waals surface area contributed by atoms with Crippen LogP contribution >= 0.6 is 11.3 Å². The number of hydrogen-bond acceptors (Lipinski definition) is 2. The first-order valence-electron chi connectivity index (χ1n) is 3.70. The first-order chi connectivity index (χ1) is 5.33. The molecule has 0 aliphatic rings. The maximum Gasteiger partial charge on any atom is 0.0222 e. The van der Waals surface area contributed by atoms with Gasteiger partial charge in [-0.2, -0.15) is 11.3 Å². The molecule has 11 heavy (non-hydrogen) atoms. The first kappa shape index (κ1) is 8.50. The van der Waals surface area contributed by atoms with Crippen LogP contribution in [-0.2, 0) is 6.54 Å². The molecule has 0 radical (unpaired) electrons. The zero-order valence-corrected chi connectivity index (χ0v) is 7.53. The lowest BCUT2D eigenvalue weighted by atomic mass is 10.3. The van der Waals surface area contributed by atoms with Crippen molar-refractivity contribution in [2.45, 2.75) is 19.5 Å². The molecule has 1 aromatic rings. The molecule has 1 atom stereocenters. The quantitative estimate of drug-likeness (QED) is 0.679. The SMILES string of the molecule is C=CC(C)NCc1ccsc1. The Bertz CT molecular complexity index is 203. The summed E-state index contributed by atoms with van der Waals surface area (Å²) in [5.74, 6) is 0. The highest BCUT2D eigenvalue weighted by Gasteiger charge is 1.95. The van der Waals surface area contributed by atoms with Crippen LogP contribution in [0.1, 0.15) is 12.5 Å². The van der Waals surface area contributed by atoms with Crippen LogP contribution in [0, 0.1) is 0 Å². The second-order valence-electron chi connectivity index (χ2n) is 2.54. The minimum atomic E-state index is 0.398. The Kier molecular flexibility index (Phi) is 3.33. The molecule has 0 aromatic carbocycles. The third-order valence-electron chi connectivity index (χ3n) is 1.56. The van der Waals surface area contributed by atoms with Crippen molar-refractivity contribution in [2.24, 2.45) is 0 Å². The molecule has 60 valence electrons. The molecule has 1 nitrogen and oxygen atoms in total. The predicted octanol–water partition coefficient (Wildman–Crippen LogP) is 2.41. The van der Waals surface area contributed by atoms with Crippen LogP contribution in [0.2, 0.25) is 0 Å². The van der Waals surface area contributed by atoms with Crippen molar-refractivity contribution in [2.75, 3.05) is 0 Å². The summed E-state index contributed by atoms with van der Waals surface area (Å²) < 4.78 is 0. The molecule has 1 aromatic heterocycles. The van der Waals surface area contributed by atoms with Crippen LogP contribution < -0.4 is 5.32 Å². The maximum atomic E-state index is 3.70. The van der Waals surface area contributed by atoms with E-state index in [1.165, 1.54) is 5.56 Å². The lowest BCUT2D eigenvalue weighted by Crippen LogP contribution is -2.22. The highest BCUT2D eigenvalue weighted by Crippen LogP contribution is 2.05. The third-order valence-corrected chi connectivity index (χ3v) is 2.29. The molecule has 0 saturated carbocycles. The Morgan fingerprint density at radius 2 is 2.64 bits per heavy atom. The normalized spacial score (nSPS) is 12.8. The third kappa shape index (κ3) is 2.87. The Balaban J connectivity index is 2.28. The smallest absolute Gasteiger partial charge is 0.0222 e. The molecule has 1 N–H and O–H groups in total. The molecule has 0 amide bonds. The van der Waals surface area contributed by atoms with Gasteiger partial charge in [-0.3, -0.25) is 0 Å². The standard InChI is InChI=1S/C9H13NS/c1-3-8(2)10-6-9-4-5-11-7-9/h3-5,7-8,10H,1,6H2,2H3. The van der Waals surface area contributed by atoms with Gasteiger partial charge in [0.15, 0.2) is 0 Å². The molecule has 2 heteroatoms. The average molecular weight is 167 g/mol. The Hall–Kier alpha value is -0.600. The molecule has 0 spiro atoms. The largest absolute Gasteiger partial charge is 0.307 e. The van der Waals surface area contributed by atoms with Gasteiger partial charge < -0.3 is 5.32 Å². The maximum absolute atomic E-state index is 3.70. The lowest BCUT2D eigenvalue weighted by Gasteiger charge is -2.06. The van der Waals surface area contributed by atoms with Crippen molar-refractivity contribution in [1.82, 2.24) is 5.32 Å². The number of rotatable bonds is 4. The fourth-order valence-corrected chi connectivity index (χ4v) is 1.42. The van der Waals surface area contributed by atoms with Crippen LogP contribution in [0.4, 0.5) is 0 Å². The van der Waals surface area contributed by atoms with Gasteiger partial charge in [-0.05, 0) is 29.3 Å². The Morgan fingerprint density at radius 1 is 1.82 bits per heavy atom. The molecule has 0 bridgehead atoms. The van der Waals surface area contributed by atoms with Crippen LogP contribution in [0.3, 0.4) is 0 Å². The molecule has 1 heterocycles. The van der Waals surface area contributed by atoms with Crippen LogP contribution in [0.5, 0.6) is 0 Å². The van der Waals surface area contributed by atoms with Crippen molar-refractivity contribution in [3.05, 3.63) is 35.0 Å². The minimum Gasteiger partial charge on any atom is -0.307 e. The van der Waals surface area contributed by atoms with E-state index in [1.807, 2.05) is 6.08 Å². The summed E-state index contributed by atoms with van der Waals surface area (Å²) in [5.41, 5.74) is 1.35. The average Bonchev–Trinajstić information content (AvgIpc) is 2.52. The monoisotopic (exact) mass is 167 g/mol. The van der Waals surface area contributed by atoms with Crippen molar-refractivity contribution >= 4 is 11.3 Å². The zero-order valence-electron chi connectivity index (χ0n) is 6.71. The lowest BCUT2D eigenvalue weighted by molar-refractivity contribution is 0.635. The fourth-order valence-electron chi connectivity index (χ4n) is 0.755. The minimum absolute atomic E-state index is 0.398. The van der Waals surface area contributed by atoms with E-state index in [9.17, 15) is 0 Å². The second kappa shape index (κ2) is 4.31. The second-order valence-corrected chi connectivity index (χ2v) is 3.32. The van der Waals surface area contributed by atoms with Gasteiger partial charge in [0.1, 0.15) is 0 Å². The molecular weight excluding hydrogens is 154 g/mol. The van der Waals surface area contributed by atoms with Gasteiger partial charge in [0.25, 0.3) is 0 Å². The molecular formula is C9H13NS. The summed E-state index contributed by atoms with van der Waals surface area (Å²) in [6.07, 6.45) is 1.91. The van der Waals surface area contributed by atoms with Gasteiger partial charge >= 0.3 is 0 Å². The Morgan fingerprint density at radius 3 is 3.18 bits per heavy atom. The first-order valence-corrected chi connectivity index (χ1v) is 4.64. The van der Waals surface area contributed by atoms with E-state index in [0.717, 1.165) is 6.54 Å². The van der Waals surface area contributed by atoms with Gasteiger partial charge in [-0.25, -0.2) is 0 Å². The van der Waals surface area contributed by atoms with Crippen LogP contribution in [0.25, 0.3) is 0 Å². The summed E-state index contributed by atoms with van der Waals surface area (Å²) in [5, 5.41) is 7.57. The van der Waals surface area contributed by atoms with E-state index in [2.05, 4.69) is 35.6 Å². The highest BCUT2D eigenvalue weighted by atomic mass is 32.1. The van der Waals surface area contributed by atoms with Gasteiger partial charge in [-0.15, -0.1) is 6.58 Å². The van der Waals surface area contributed by atoms with E-state index in [0.29, 0.717) is 6.04 Å². The summed E-state index contributed by atoms with van der Waals surface area (Å²) >= 11 is 1.73. The van der Waals surface area contributed by atoms with E-state index in [4.69, 9.17) is 0 Å². The van der Waals surface area contributed by atoms with Gasteiger partial charge in [0, 0.05) is 12.6 Å². The molecule has 1 unspecified atom stereocenters. The van der Waals surface area contributed by atoms with Gasteiger partial charge in [-0.1, -0.05) is 6.08 Å². The number of thiophene rings is 1. The molecule has 0 aliphatic heterocycles. The highest BCUT2D eigenvalue weighted by molar-refractivity contribution is 7.07. The summed E-state index contributed by atoms with van der Waals surface area (Å²) in [6.45, 7) is 6.74. The van der Waals surface area contributed by atoms with Crippen molar-refractivity contribution in [3.8, 4) is 0 Å². The summed E-state index contributed by atoms with van der Waals surface area (Å²) in [7, 11) is 0. The van der Waals surface area contributed by atoms with Crippen LogP contribution in [0.15, 0.2) is 29.5 Å². The van der Waals surface area contributed by atoms with E-state index >= 15 is 0 Å². The van der Waals surface area contributed by atoms with Gasteiger partial charge in [0.2, 0.25) is 0 Å². The fraction of sp³-hybridized carbons (Fsp3) is 0.333. The van der Waals surface area contributed by atoms with Crippen LogP contribution in [-0.4, -0.2) is 6.04 Å². The molecule has 1 rings (SSSR count). The van der Waals surface area contributed by atoms with Crippen molar-refractivity contribution in [1.29, 1.82) is 0 Å². The zero-order chi connectivity index (χ0) is 8.10. The number of hydrogen-bond donors (Lipinski definition) is 1. The molecule has 0 saturated heterocycles. The number of nitrogens with one attached hydrogen (secondary N) is 1. The van der Waals surface area contributed by atoms with Crippen molar-refractivity contribution < 1.29 is 0 Å². The topological polar surface area (TPSA) is 12.0 Å². The molecule has 0 fully saturated rings. The van der Waals surface area contributed by atoms with Gasteiger partial charge in [0.05, 0.1) is 0 Å². The Labute approximate surface area is 71.8 Å². The van der Waals surface area contributed by atoms with Crippen molar-refractivity contribution in [3.63, 3.8) is 0 Å².